The first-order valence-electron chi connectivity index (χ1n) is 4.98. The van der Waals surface area contributed by atoms with Gasteiger partial charge in [-0.2, -0.15) is 0 Å². The largest absolute Gasteiger partial charge is 0.399 e. The van der Waals surface area contributed by atoms with Gasteiger partial charge in [0.05, 0.1) is 11.4 Å². The zero-order chi connectivity index (χ0) is 9.54. The molecule has 4 nitrogen and oxygen atoms in total. The number of nitrogens with one attached hydrogen (secondary N) is 2. The fourth-order valence-corrected chi connectivity index (χ4v) is 2.21. The first kappa shape index (κ1) is 7.94. The zero-order valence-electron chi connectivity index (χ0n) is 7.96. The number of piperazine rings is 1. The maximum Gasteiger partial charge on any atom is 0.112 e. The zero-order valence-corrected chi connectivity index (χ0v) is 7.96. The molecule has 1 saturated heterocycles. The molecule has 14 heavy (non-hydrogen) atoms. The van der Waals surface area contributed by atoms with E-state index >= 15 is 0 Å². The van der Waals surface area contributed by atoms with Crippen LogP contribution in [0.3, 0.4) is 0 Å². The van der Waals surface area contributed by atoms with Gasteiger partial charge in [0.15, 0.2) is 0 Å². The number of rotatable bonds is 0. The molecule has 0 bridgehead atoms. The molecule has 0 saturated carbocycles. The Labute approximate surface area is 83.1 Å². The number of hydrogen-bond acceptors (Lipinski definition) is 4. The highest BCUT2D eigenvalue weighted by atomic mass is 15.4. The number of nitrogens with zero attached hydrogens (tertiary/aromatic N) is 1. The third-order valence-electron chi connectivity index (χ3n) is 2.90. The lowest BCUT2D eigenvalue weighted by atomic mass is 10.2. The van der Waals surface area contributed by atoms with Crippen LogP contribution in [0.5, 0.6) is 0 Å². The highest BCUT2D eigenvalue weighted by Crippen LogP contribution is 2.36. The van der Waals surface area contributed by atoms with Crippen LogP contribution in [0, 0.1) is 0 Å². The van der Waals surface area contributed by atoms with Crippen LogP contribution in [0.15, 0.2) is 18.2 Å². The molecular weight excluding hydrogens is 176 g/mol. The van der Waals surface area contributed by atoms with E-state index in [-0.39, 0.29) is 0 Å². The summed E-state index contributed by atoms with van der Waals surface area (Å²) in [7, 11) is 0. The van der Waals surface area contributed by atoms with Crippen LogP contribution in [0.25, 0.3) is 0 Å². The van der Waals surface area contributed by atoms with Gasteiger partial charge >= 0.3 is 0 Å². The van der Waals surface area contributed by atoms with Crippen LogP contribution in [0.2, 0.25) is 0 Å². The summed E-state index contributed by atoms with van der Waals surface area (Å²) in [5, 5.41) is 6.84. The number of benzene rings is 1. The van der Waals surface area contributed by atoms with Crippen LogP contribution in [-0.2, 0) is 0 Å². The molecule has 74 valence electrons. The van der Waals surface area contributed by atoms with Crippen molar-refractivity contribution in [3.05, 3.63) is 18.2 Å². The quantitative estimate of drug-likeness (QED) is 0.519. The second-order valence-electron chi connectivity index (χ2n) is 3.83. The fourth-order valence-electron chi connectivity index (χ4n) is 2.21. The Morgan fingerprint density at radius 2 is 2.36 bits per heavy atom. The third-order valence-corrected chi connectivity index (χ3v) is 2.90. The molecule has 0 aromatic heterocycles. The Balaban J connectivity index is 2.02. The molecule has 1 fully saturated rings. The monoisotopic (exact) mass is 190 g/mol. The lowest BCUT2D eigenvalue weighted by Crippen LogP contribution is -2.51. The molecule has 1 aromatic rings. The summed E-state index contributed by atoms with van der Waals surface area (Å²) < 4.78 is 0. The number of nitrogen functional groups attached to an aromatic ring is 1. The Morgan fingerprint density at radius 3 is 3.29 bits per heavy atom. The van der Waals surface area contributed by atoms with E-state index in [0.717, 1.165) is 25.3 Å². The van der Waals surface area contributed by atoms with E-state index in [1.807, 2.05) is 12.1 Å². The van der Waals surface area contributed by atoms with Crippen molar-refractivity contribution in [3.63, 3.8) is 0 Å². The molecule has 1 aromatic carbocycles. The lowest BCUT2D eigenvalue weighted by molar-refractivity contribution is 0.522. The van der Waals surface area contributed by atoms with Crippen LogP contribution >= 0.6 is 0 Å². The Kier molecular flexibility index (Phi) is 1.58. The van der Waals surface area contributed by atoms with Crippen molar-refractivity contribution in [3.8, 4) is 0 Å². The summed E-state index contributed by atoms with van der Waals surface area (Å²) in [5.74, 6) is 0. The van der Waals surface area contributed by atoms with Crippen molar-refractivity contribution >= 4 is 17.1 Å². The summed E-state index contributed by atoms with van der Waals surface area (Å²) >= 11 is 0. The summed E-state index contributed by atoms with van der Waals surface area (Å²) in [6, 6.07) is 6.05. The van der Waals surface area contributed by atoms with Gasteiger partial charge < -0.3 is 21.3 Å². The average Bonchev–Trinajstić information content (AvgIpc) is 2.56. The molecular formula is C10H14N4. The van der Waals surface area contributed by atoms with Gasteiger partial charge in [-0.1, -0.05) is 0 Å². The van der Waals surface area contributed by atoms with Gasteiger partial charge in [0.1, 0.15) is 6.17 Å². The minimum absolute atomic E-state index is 0.403. The van der Waals surface area contributed by atoms with Crippen LogP contribution in [0.1, 0.15) is 0 Å². The van der Waals surface area contributed by atoms with Crippen LogP contribution in [-0.4, -0.2) is 25.8 Å². The minimum atomic E-state index is 0.403. The number of hydrogen-bond donors (Lipinski definition) is 3. The van der Waals surface area contributed by atoms with Crippen molar-refractivity contribution in [1.29, 1.82) is 0 Å². The predicted molar refractivity (Wildman–Crippen MR) is 58.5 cm³/mol. The lowest BCUT2D eigenvalue weighted by Gasteiger charge is -2.31. The Bertz CT molecular complexity index is 363. The average molecular weight is 190 g/mol. The molecule has 0 radical (unpaired) electrons. The minimum Gasteiger partial charge on any atom is -0.399 e. The second kappa shape index (κ2) is 2.78. The highest BCUT2D eigenvalue weighted by Gasteiger charge is 2.30. The third kappa shape index (κ3) is 1.04. The van der Waals surface area contributed by atoms with E-state index in [2.05, 4.69) is 21.6 Å². The molecule has 2 heterocycles. The second-order valence-corrected chi connectivity index (χ2v) is 3.83. The summed E-state index contributed by atoms with van der Waals surface area (Å²) in [4.78, 5) is 2.38. The van der Waals surface area contributed by atoms with Crippen molar-refractivity contribution in [1.82, 2.24) is 5.32 Å². The molecule has 1 unspecified atom stereocenters. The van der Waals surface area contributed by atoms with Crippen molar-refractivity contribution in [2.45, 2.75) is 6.17 Å². The smallest absolute Gasteiger partial charge is 0.112 e. The van der Waals surface area contributed by atoms with E-state index in [4.69, 9.17) is 5.73 Å². The van der Waals surface area contributed by atoms with E-state index in [1.54, 1.807) is 0 Å². The number of nitrogens with two attached hydrogens (primary N) is 1. The van der Waals surface area contributed by atoms with Gasteiger partial charge in [0.2, 0.25) is 0 Å². The van der Waals surface area contributed by atoms with Crippen molar-refractivity contribution in [2.24, 2.45) is 0 Å². The van der Waals surface area contributed by atoms with E-state index in [9.17, 15) is 0 Å². The maximum atomic E-state index is 5.78. The first-order valence-corrected chi connectivity index (χ1v) is 4.98. The molecule has 4 heteroatoms. The molecule has 2 aliphatic heterocycles. The van der Waals surface area contributed by atoms with Crippen LogP contribution < -0.4 is 21.3 Å². The van der Waals surface area contributed by atoms with Gasteiger partial charge in [-0.05, 0) is 18.2 Å². The van der Waals surface area contributed by atoms with Crippen molar-refractivity contribution < 1.29 is 0 Å². The highest BCUT2D eigenvalue weighted by molar-refractivity contribution is 5.79. The van der Waals surface area contributed by atoms with Crippen molar-refractivity contribution in [2.75, 3.05) is 35.6 Å². The fraction of sp³-hybridized carbons (Fsp3) is 0.400. The van der Waals surface area contributed by atoms with Gasteiger partial charge in [-0.3, -0.25) is 0 Å². The molecule has 2 aliphatic rings. The summed E-state index contributed by atoms with van der Waals surface area (Å²) in [6.45, 7) is 3.09. The summed E-state index contributed by atoms with van der Waals surface area (Å²) in [6.07, 6.45) is 0.403. The SMILES string of the molecule is Nc1ccc2c(c1)N1CCNCC1N2. The van der Waals surface area contributed by atoms with E-state index < -0.39 is 0 Å². The normalized spacial score (nSPS) is 24.0. The maximum absolute atomic E-state index is 5.78. The summed E-state index contributed by atoms with van der Waals surface area (Å²) in [5.41, 5.74) is 9.07. The van der Waals surface area contributed by atoms with Crippen LogP contribution in [0.4, 0.5) is 17.1 Å². The Morgan fingerprint density at radius 1 is 1.43 bits per heavy atom. The van der Waals surface area contributed by atoms with Gasteiger partial charge in [-0.25, -0.2) is 0 Å². The standard InChI is InChI=1S/C10H14N4/c11-7-1-2-8-9(5-7)14-4-3-12-6-10(14)13-8/h1-2,5,10,12-13H,3-4,6,11H2. The topological polar surface area (TPSA) is 53.3 Å². The Hall–Kier alpha value is -1.42. The van der Waals surface area contributed by atoms with E-state index in [1.165, 1.54) is 11.4 Å². The molecule has 0 spiro atoms. The van der Waals surface area contributed by atoms with Gasteiger partial charge in [0, 0.05) is 25.3 Å². The number of anilines is 3. The number of fused-ring (bicyclic) bond motifs is 3. The molecule has 1 atom stereocenters. The van der Waals surface area contributed by atoms with Gasteiger partial charge in [0.25, 0.3) is 0 Å². The molecule has 3 rings (SSSR count). The van der Waals surface area contributed by atoms with Gasteiger partial charge in [-0.15, -0.1) is 0 Å². The predicted octanol–water partition coefficient (Wildman–Crippen LogP) is 0.430. The molecule has 0 aliphatic carbocycles. The first-order chi connectivity index (χ1) is 6.84. The molecule has 4 N–H and O–H groups in total. The molecule has 0 amide bonds. The van der Waals surface area contributed by atoms with E-state index in [0.29, 0.717) is 6.17 Å².